The summed E-state index contributed by atoms with van der Waals surface area (Å²) in [4.78, 5) is 24.2. The molecule has 0 aliphatic carbocycles. The fourth-order valence-electron chi connectivity index (χ4n) is 1.93. The van der Waals surface area contributed by atoms with Gasteiger partial charge in [-0.15, -0.1) is 0 Å². The predicted molar refractivity (Wildman–Crippen MR) is 61.4 cm³/mol. The topological polar surface area (TPSA) is 37.4 Å². The summed E-state index contributed by atoms with van der Waals surface area (Å²) >= 11 is 0. The van der Waals surface area contributed by atoms with Crippen LogP contribution in [0, 0.1) is 0 Å². The van der Waals surface area contributed by atoms with Crippen molar-refractivity contribution < 1.29 is 9.59 Å². The number of hydrogen-bond acceptors (Lipinski definition) is 2. The lowest BCUT2D eigenvalue weighted by Crippen LogP contribution is -2.27. The molecular weight excluding hydrogens is 201 g/mol. The van der Waals surface area contributed by atoms with Gasteiger partial charge in [-0.05, 0) is 17.0 Å². The van der Waals surface area contributed by atoms with E-state index in [0.29, 0.717) is 15.9 Å². The van der Waals surface area contributed by atoms with E-state index in [1.165, 1.54) is 0 Å². The van der Waals surface area contributed by atoms with E-state index in [4.69, 9.17) is 7.98 Å². The number of fused-ring (bicyclic) bond motifs is 1. The molecule has 0 saturated carbocycles. The van der Waals surface area contributed by atoms with Crippen LogP contribution in [0.2, 0.25) is 0 Å². The van der Waals surface area contributed by atoms with Crippen LogP contribution >= 0.6 is 0 Å². The molecule has 0 spiro atoms. The third kappa shape index (κ3) is 1.37. The van der Waals surface area contributed by atoms with Crippen LogP contribution in [0.5, 0.6) is 0 Å². The van der Waals surface area contributed by atoms with Gasteiger partial charge in [-0.2, -0.15) is 0 Å². The Morgan fingerprint density at radius 3 is 2.31 bits per heavy atom. The van der Waals surface area contributed by atoms with E-state index in [0.717, 1.165) is 5.56 Å². The number of carbonyl (C=O) groups is 2. The van der Waals surface area contributed by atoms with E-state index in [-0.39, 0.29) is 5.41 Å². The van der Waals surface area contributed by atoms with Crippen molar-refractivity contribution in [1.82, 2.24) is 4.81 Å². The molecule has 0 aromatic heterocycles. The molecule has 1 aliphatic heterocycles. The van der Waals surface area contributed by atoms with Gasteiger partial charge in [0.25, 0.3) is 0 Å². The number of benzene rings is 1. The molecule has 16 heavy (non-hydrogen) atoms. The van der Waals surface area contributed by atoms with E-state index in [9.17, 15) is 9.59 Å². The van der Waals surface area contributed by atoms with Crippen molar-refractivity contribution in [1.29, 1.82) is 0 Å². The molecule has 0 bridgehead atoms. The van der Waals surface area contributed by atoms with Crippen molar-refractivity contribution in [2.24, 2.45) is 0 Å². The van der Waals surface area contributed by atoms with Crippen LogP contribution < -0.4 is 0 Å². The highest BCUT2D eigenvalue weighted by atomic mass is 16.2. The van der Waals surface area contributed by atoms with Crippen LogP contribution in [0.1, 0.15) is 47.1 Å². The molecule has 0 saturated heterocycles. The summed E-state index contributed by atoms with van der Waals surface area (Å²) in [5.41, 5.74) is 1.52. The zero-order valence-electron chi connectivity index (χ0n) is 9.57. The Hall–Kier alpha value is -1.58. The normalized spacial score (nSPS) is 15.6. The number of nitrogens with zero attached hydrogens (tertiary/aromatic N) is 1. The monoisotopic (exact) mass is 213 g/mol. The van der Waals surface area contributed by atoms with Crippen molar-refractivity contribution in [2.75, 3.05) is 0 Å². The quantitative estimate of drug-likeness (QED) is 0.485. The van der Waals surface area contributed by atoms with Gasteiger partial charge in [0.15, 0.2) is 0 Å². The minimum atomic E-state index is -0.425. The molecule has 1 aromatic rings. The van der Waals surface area contributed by atoms with Crippen LogP contribution in [0.4, 0.5) is 0 Å². The van der Waals surface area contributed by atoms with Crippen molar-refractivity contribution in [3.8, 4) is 0 Å². The van der Waals surface area contributed by atoms with Gasteiger partial charge in [0, 0.05) is 0 Å². The number of amides is 2. The van der Waals surface area contributed by atoms with Crippen LogP contribution in [0.3, 0.4) is 0 Å². The fourth-order valence-corrected chi connectivity index (χ4v) is 1.93. The first-order chi connectivity index (χ1) is 7.34. The zero-order chi connectivity index (χ0) is 12.1. The second kappa shape index (κ2) is 3.21. The minimum Gasteiger partial charge on any atom is -0.332 e. The van der Waals surface area contributed by atoms with Crippen molar-refractivity contribution in [2.45, 2.75) is 26.2 Å². The Bertz CT molecular complexity index is 488. The maximum atomic E-state index is 11.9. The average Bonchev–Trinajstić information content (AvgIpc) is 2.43. The number of imide groups is 1. The van der Waals surface area contributed by atoms with Gasteiger partial charge in [-0.25, -0.2) is 0 Å². The Morgan fingerprint density at radius 1 is 1.12 bits per heavy atom. The highest BCUT2D eigenvalue weighted by Gasteiger charge is 2.36. The van der Waals surface area contributed by atoms with Gasteiger partial charge < -0.3 is 4.81 Å². The van der Waals surface area contributed by atoms with E-state index >= 15 is 0 Å². The third-order valence-electron chi connectivity index (χ3n) is 2.75. The molecule has 80 valence electrons. The second-order valence-corrected chi connectivity index (χ2v) is 4.96. The summed E-state index contributed by atoms with van der Waals surface area (Å²) in [6.07, 6.45) is 0. The van der Waals surface area contributed by atoms with Crippen LogP contribution in [-0.4, -0.2) is 24.6 Å². The Labute approximate surface area is 95.9 Å². The van der Waals surface area contributed by atoms with Crippen LogP contribution in [0.25, 0.3) is 0 Å². The first-order valence-corrected chi connectivity index (χ1v) is 5.11. The van der Waals surface area contributed by atoms with E-state index < -0.39 is 11.8 Å². The molecule has 0 N–H and O–H groups in total. The average molecular weight is 213 g/mol. The number of carbonyl (C=O) groups excluding carboxylic acids is 2. The molecule has 1 aliphatic rings. The summed E-state index contributed by atoms with van der Waals surface area (Å²) in [5, 5.41) is 0. The van der Waals surface area contributed by atoms with E-state index in [1.54, 1.807) is 12.1 Å². The third-order valence-corrected chi connectivity index (χ3v) is 2.75. The molecule has 0 atom stereocenters. The highest BCUT2D eigenvalue weighted by Crippen LogP contribution is 2.32. The molecule has 2 rings (SSSR count). The summed E-state index contributed by atoms with van der Waals surface area (Å²) in [6.45, 7) is 6.00. The van der Waals surface area contributed by atoms with E-state index in [1.807, 2.05) is 26.8 Å². The molecule has 1 heterocycles. The summed E-state index contributed by atoms with van der Waals surface area (Å²) in [6, 6.07) is 5.28. The Morgan fingerprint density at radius 2 is 1.75 bits per heavy atom. The maximum absolute atomic E-state index is 11.9. The molecule has 3 nitrogen and oxygen atoms in total. The summed E-state index contributed by atoms with van der Waals surface area (Å²) < 4.78 is 0. The summed E-state index contributed by atoms with van der Waals surface area (Å²) in [7, 11) is 5.42. The van der Waals surface area contributed by atoms with Crippen molar-refractivity contribution in [3.05, 3.63) is 34.9 Å². The standard InChI is InChI=1S/C12H12BNO2/c1-12(2,3)8-6-4-5-7-9(8)11(16)14(13)10(7)15/h4-6H,1-3H3. The SMILES string of the molecule is [B]N1C(=O)c2cccc(C(C)(C)C)c2C1=O. The number of hydrogen-bond donors (Lipinski definition) is 0. The highest BCUT2D eigenvalue weighted by molar-refractivity contribution is 6.36. The van der Waals surface area contributed by atoms with Gasteiger partial charge >= 0.3 is 0 Å². The van der Waals surface area contributed by atoms with Gasteiger partial charge in [-0.1, -0.05) is 32.9 Å². The largest absolute Gasteiger partial charge is 0.332 e. The first kappa shape index (κ1) is 10.9. The number of rotatable bonds is 0. The summed E-state index contributed by atoms with van der Waals surface area (Å²) in [5.74, 6) is -0.836. The molecule has 2 radical (unpaired) electrons. The molecule has 4 heteroatoms. The molecular formula is C12H12BNO2. The Kier molecular flexibility index (Phi) is 2.19. The lowest BCUT2D eigenvalue weighted by atomic mass is 9.82. The second-order valence-electron chi connectivity index (χ2n) is 4.96. The van der Waals surface area contributed by atoms with Gasteiger partial charge in [0.2, 0.25) is 19.8 Å². The maximum Gasteiger partial charge on any atom is 0.248 e. The molecule has 0 unspecified atom stereocenters. The molecule has 1 aromatic carbocycles. The lowest BCUT2D eigenvalue weighted by Gasteiger charge is -2.21. The fraction of sp³-hybridized carbons (Fsp3) is 0.333. The van der Waals surface area contributed by atoms with E-state index in [2.05, 4.69) is 0 Å². The van der Waals surface area contributed by atoms with Gasteiger partial charge in [-0.3, -0.25) is 9.59 Å². The van der Waals surface area contributed by atoms with Gasteiger partial charge in [0.05, 0.1) is 11.1 Å². The molecule has 0 fully saturated rings. The van der Waals surface area contributed by atoms with Crippen LogP contribution in [-0.2, 0) is 5.41 Å². The van der Waals surface area contributed by atoms with Crippen molar-refractivity contribution >= 4 is 19.8 Å². The van der Waals surface area contributed by atoms with Gasteiger partial charge in [0.1, 0.15) is 0 Å². The smallest absolute Gasteiger partial charge is 0.248 e. The predicted octanol–water partition coefficient (Wildman–Crippen LogP) is 1.66. The minimum absolute atomic E-state index is 0.188. The van der Waals surface area contributed by atoms with Crippen molar-refractivity contribution in [3.63, 3.8) is 0 Å². The first-order valence-electron chi connectivity index (χ1n) is 5.11. The Balaban J connectivity index is 2.72. The zero-order valence-corrected chi connectivity index (χ0v) is 9.57. The molecule has 2 amide bonds. The lowest BCUT2D eigenvalue weighted by molar-refractivity contribution is 0.0765. The van der Waals surface area contributed by atoms with Crippen LogP contribution in [0.15, 0.2) is 18.2 Å².